The van der Waals surface area contributed by atoms with E-state index in [0.717, 1.165) is 23.4 Å². The topological polar surface area (TPSA) is 45.7 Å². The summed E-state index contributed by atoms with van der Waals surface area (Å²) in [6.07, 6.45) is 0. The summed E-state index contributed by atoms with van der Waals surface area (Å²) in [7, 11) is 1.65. The Morgan fingerprint density at radius 1 is 1.09 bits per heavy atom. The second-order valence-electron chi connectivity index (χ2n) is 5.03. The molecule has 0 atom stereocenters. The summed E-state index contributed by atoms with van der Waals surface area (Å²) in [6.45, 7) is 3.81. The molecule has 122 valence electrons. The van der Waals surface area contributed by atoms with E-state index >= 15 is 0 Å². The molecule has 0 radical (unpaired) electrons. The third-order valence-corrected chi connectivity index (χ3v) is 3.25. The Labute approximate surface area is 136 Å². The summed E-state index contributed by atoms with van der Waals surface area (Å²) in [5.74, 6) is 1.28. The van der Waals surface area contributed by atoms with Crippen molar-refractivity contribution in [2.45, 2.75) is 20.0 Å². The monoisotopic (exact) mass is 315 g/mol. The van der Waals surface area contributed by atoms with E-state index in [0.29, 0.717) is 19.0 Å². The lowest BCUT2D eigenvalue weighted by Gasteiger charge is -2.12. The molecule has 2 N–H and O–H groups in total. The summed E-state index contributed by atoms with van der Waals surface area (Å²) in [4.78, 5) is 4.48. The molecule has 0 unspecified atom stereocenters. The maximum absolute atomic E-state index is 13.2. The third kappa shape index (κ3) is 5.62. The first-order valence-corrected chi connectivity index (χ1v) is 7.61. The molecule has 2 aromatic rings. The fourth-order valence-corrected chi connectivity index (χ4v) is 2.12. The molecule has 0 aliphatic rings. The molecule has 0 saturated carbocycles. The molecule has 2 rings (SSSR count). The molecular formula is C18H22FN3O. The van der Waals surface area contributed by atoms with Gasteiger partial charge >= 0.3 is 0 Å². The van der Waals surface area contributed by atoms with Crippen LogP contribution in [0.1, 0.15) is 18.1 Å². The molecule has 23 heavy (non-hydrogen) atoms. The lowest BCUT2D eigenvalue weighted by atomic mass is 10.2. The number of halogens is 1. The summed E-state index contributed by atoms with van der Waals surface area (Å²) < 4.78 is 18.4. The van der Waals surface area contributed by atoms with Crippen LogP contribution >= 0.6 is 0 Å². The second-order valence-corrected chi connectivity index (χ2v) is 5.03. The molecule has 4 nitrogen and oxygen atoms in total. The minimum Gasteiger partial charge on any atom is -0.497 e. The van der Waals surface area contributed by atoms with Crippen molar-refractivity contribution in [3.05, 3.63) is 65.5 Å². The van der Waals surface area contributed by atoms with E-state index in [4.69, 9.17) is 4.74 Å². The molecule has 0 aliphatic carbocycles. The van der Waals surface area contributed by atoms with E-state index < -0.39 is 0 Å². The van der Waals surface area contributed by atoms with Gasteiger partial charge in [-0.25, -0.2) is 9.38 Å². The first kappa shape index (κ1) is 16.8. The molecule has 2 aromatic carbocycles. The van der Waals surface area contributed by atoms with Gasteiger partial charge in [0.15, 0.2) is 5.96 Å². The fraction of sp³-hybridized carbons (Fsp3) is 0.278. The minimum atomic E-state index is -0.243. The highest BCUT2D eigenvalue weighted by Crippen LogP contribution is 2.12. The highest BCUT2D eigenvalue weighted by atomic mass is 19.1. The number of nitrogens with zero attached hydrogens (tertiary/aromatic N) is 1. The van der Waals surface area contributed by atoms with Crippen LogP contribution < -0.4 is 15.4 Å². The molecule has 0 amide bonds. The zero-order valence-corrected chi connectivity index (χ0v) is 13.5. The van der Waals surface area contributed by atoms with Crippen LogP contribution in [0.5, 0.6) is 5.75 Å². The van der Waals surface area contributed by atoms with Gasteiger partial charge in [-0.1, -0.05) is 24.3 Å². The van der Waals surface area contributed by atoms with Crippen molar-refractivity contribution >= 4 is 5.96 Å². The van der Waals surface area contributed by atoms with Crippen LogP contribution in [0.3, 0.4) is 0 Å². The van der Waals surface area contributed by atoms with Gasteiger partial charge in [0.1, 0.15) is 11.6 Å². The van der Waals surface area contributed by atoms with Gasteiger partial charge in [-0.2, -0.15) is 0 Å². The van der Waals surface area contributed by atoms with E-state index in [-0.39, 0.29) is 5.82 Å². The first-order valence-electron chi connectivity index (χ1n) is 7.61. The summed E-state index contributed by atoms with van der Waals surface area (Å²) in [5.41, 5.74) is 1.93. The van der Waals surface area contributed by atoms with Gasteiger partial charge in [0.2, 0.25) is 0 Å². The van der Waals surface area contributed by atoms with Crippen LogP contribution in [0, 0.1) is 5.82 Å². The lowest BCUT2D eigenvalue weighted by molar-refractivity contribution is 0.414. The number of nitrogens with one attached hydrogen (secondary N) is 2. The summed E-state index contributed by atoms with van der Waals surface area (Å²) in [6, 6.07) is 14.3. The van der Waals surface area contributed by atoms with Crippen LogP contribution in [-0.2, 0) is 13.1 Å². The number of methoxy groups -OCH3 is 1. The molecular weight excluding hydrogens is 293 g/mol. The van der Waals surface area contributed by atoms with Crippen molar-refractivity contribution in [2.75, 3.05) is 13.7 Å². The molecule has 0 bridgehead atoms. The van der Waals surface area contributed by atoms with Gasteiger partial charge in [0, 0.05) is 13.1 Å². The maximum Gasteiger partial charge on any atom is 0.191 e. The Kier molecular flexibility index (Phi) is 6.41. The Morgan fingerprint density at radius 2 is 1.87 bits per heavy atom. The van der Waals surface area contributed by atoms with Crippen molar-refractivity contribution in [3.8, 4) is 5.75 Å². The van der Waals surface area contributed by atoms with Crippen molar-refractivity contribution < 1.29 is 9.13 Å². The molecule has 0 spiro atoms. The largest absolute Gasteiger partial charge is 0.497 e. The van der Waals surface area contributed by atoms with Crippen LogP contribution in [-0.4, -0.2) is 19.6 Å². The van der Waals surface area contributed by atoms with E-state index in [1.165, 1.54) is 12.1 Å². The van der Waals surface area contributed by atoms with Gasteiger partial charge in [-0.15, -0.1) is 0 Å². The number of rotatable bonds is 6. The molecule has 5 heteroatoms. The third-order valence-electron chi connectivity index (χ3n) is 3.25. The van der Waals surface area contributed by atoms with Crippen molar-refractivity contribution in [1.29, 1.82) is 0 Å². The van der Waals surface area contributed by atoms with E-state index in [9.17, 15) is 4.39 Å². The van der Waals surface area contributed by atoms with E-state index in [1.54, 1.807) is 13.2 Å². The average Bonchev–Trinajstić information content (AvgIpc) is 2.57. The van der Waals surface area contributed by atoms with Crippen molar-refractivity contribution in [1.82, 2.24) is 10.6 Å². The molecule has 0 heterocycles. The van der Waals surface area contributed by atoms with Gasteiger partial charge < -0.3 is 15.4 Å². The molecule has 0 aliphatic heterocycles. The smallest absolute Gasteiger partial charge is 0.191 e. The Hall–Kier alpha value is -2.56. The second kappa shape index (κ2) is 8.78. The zero-order valence-electron chi connectivity index (χ0n) is 13.5. The SMILES string of the molecule is CCNC(=NCc1cccc(F)c1)NCc1cccc(OC)c1. The van der Waals surface area contributed by atoms with Gasteiger partial charge in [-0.05, 0) is 42.3 Å². The van der Waals surface area contributed by atoms with Gasteiger partial charge in [0.25, 0.3) is 0 Å². The van der Waals surface area contributed by atoms with Crippen LogP contribution in [0.2, 0.25) is 0 Å². The van der Waals surface area contributed by atoms with Crippen molar-refractivity contribution in [3.63, 3.8) is 0 Å². The Balaban J connectivity index is 1.98. The summed E-state index contributed by atoms with van der Waals surface area (Å²) >= 11 is 0. The Bertz CT molecular complexity index is 658. The van der Waals surface area contributed by atoms with Gasteiger partial charge in [0.05, 0.1) is 13.7 Å². The number of aliphatic imine (C=N–C) groups is 1. The molecule has 0 saturated heterocycles. The number of guanidine groups is 1. The highest BCUT2D eigenvalue weighted by Gasteiger charge is 2.00. The number of ether oxygens (including phenoxy) is 1. The quantitative estimate of drug-likeness (QED) is 0.636. The normalized spacial score (nSPS) is 11.2. The van der Waals surface area contributed by atoms with E-state index in [1.807, 2.05) is 37.3 Å². The van der Waals surface area contributed by atoms with Crippen LogP contribution in [0.25, 0.3) is 0 Å². The van der Waals surface area contributed by atoms with Crippen LogP contribution in [0.4, 0.5) is 4.39 Å². The zero-order chi connectivity index (χ0) is 16.5. The average molecular weight is 315 g/mol. The van der Waals surface area contributed by atoms with Crippen molar-refractivity contribution in [2.24, 2.45) is 4.99 Å². The predicted molar refractivity (Wildman–Crippen MR) is 91.0 cm³/mol. The minimum absolute atomic E-state index is 0.243. The number of hydrogen-bond acceptors (Lipinski definition) is 2. The number of hydrogen-bond donors (Lipinski definition) is 2. The number of benzene rings is 2. The lowest BCUT2D eigenvalue weighted by Crippen LogP contribution is -2.36. The standard InChI is InChI=1S/C18H22FN3O/c1-3-20-18(21-12-14-6-4-8-16(19)10-14)22-13-15-7-5-9-17(11-15)23-2/h4-11H,3,12-13H2,1-2H3,(H2,20,21,22). The molecule has 0 fully saturated rings. The maximum atomic E-state index is 13.2. The predicted octanol–water partition coefficient (Wildman–Crippen LogP) is 3.09. The summed E-state index contributed by atoms with van der Waals surface area (Å²) in [5, 5.41) is 6.44. The first-order chi connectivity index (χ1) is 11.2. The fourth-order valence-electron chi connectivity index (χ4n) is 2.12. The van der Waals surface area contributed by atoms with E-state index in [2.05, 4.69) is 15.6 Å². The Morgan fingerprint density at radius 3 is 2.61 bits per heavy atom. The molecule has 0 aromatic heterocycles. The van der Waals surface area contributed by atoms with Crippen LogP contribution in [0.15, 0.2) is 53.5 Å². The van der Waals surface area contributed by atoms with Gasteiger partial charge in [-0.3, -0.25) is 0 Å². The highest BCUT2D eigenvalue weighted by molar-refractivity contribution is 5.79.